The van der Waals surface area contributed by atoms with E-state index in [1.807, 2.05) is 11.8 Å². The molecule has 1 aromatic heterocycles. The number of anilines is 4. The Balaban J connectivity index is 1.31. The Morgan fingerprint density at radius 3 is 2.14 bits per heavy atom. The number of hydrogen-bond donors (Lipinski definition) is 2. The van der Waals surface area contributed by atoms with Crippen LogP contribution in [0.1, 0.15) is 24.3 Å². The van der Waals surface area contributed by atoms with Crippen molar-refractivity contribution in [3.8, 4) is 17.1 Å². The van der Waals surface area contributed by atoms with Crippen molar-refractivity contribution in [1.29, 1.82) is 0 Å². The van der Waals surface area contributed by atoms with Crippen LogP contribution in [-0.2, 0) is 19.0 Å². The Kier molecular flexibility index (Phi) is 9.64. The highest BCUT2D eigenvalue weighted by Crippen LogP contribution is 2.33. The summed E-state index contributed by atoms with van der Waals surface area (Å²) in [4.78, 5) is 50.6. The number of carbonyl (C=O) groups excluding carboxylic acids is 3. The van der Waals surface area contributed by atoms with E-state index in [2.05, 4.69) is 15.6 Å². The molecule has 3 amide bonds. The van der Waals surface area contributed by atoms with E-state index < -0.39 is 12.0 Å². The van der Waals surface area contributed by atoms with E-state index in [0.717, 1.165) is 5.69 Å². The van der Waals surface area contributed by atoms with E-state index in [-0.39, 0.29) is 30.6 Å². The van der Waals surface area contributed by atoms with Gasteiger partial charge >= 0.3 is 12.0 Å². The van der Waals surface area contributed by atoms with E-state index in [0.29, 0.717) is 74.6 Å². The molecule has 13 heteroatoms. The minimum absolute atomic E-state index is 0.0563. The highest BCUT2D eigenvalue weighted by molar-refractivity contribution is 6.00. The average molecular weight is 591 g/mol. The number of rotatable bonds is 9. The fourth-order valence-electron chi connectivity index (χ4n) is 4.68. The number of amides is 3. The Labute approximate surface area is 249 Å². The van der Waals surface area contributed by atoms with Crippen LogP contribution in [0.4, 0.5) is 27.7 Å². The van der Waals surface area contributed by atoms with Gasteiger partial charge in [-0.25, -0.2) is 19.6 Å². The van der Waals surface area contributed by atoms with Gasteiger partial charge in [0.1, 0.15) is 6.61 Å². The number of morpholine rings is 2. The largest absolute Gasteiger partial charge is 0.488 e. The lowest BCUT2D eigenvalue weighted by Gasteiger charge is -2.29. The lowest BCUT2D eigenvalue weighted by Crippen LogP contribution is -2.41. The van der Waals surface area contributed by atoms with E-state index >= 15 is 0 Å². The Morgan fingerprint density at radius 2 is 1.51 bits per heavy atom. The first kappa shape index (κ1) is 29.7. The van der Waals surface area contributed by atoms with Gasteiger partial charge in [-0.2, -0.15) is 0 Å². The van der Waals surface area contributed by atoms with E-state index in [1.165, 1.54) is 0 Å². The smallest absolute Gasteiger partial charge is 0.361 e. The summed E-state index contributed by atoms with van der Waals surface area (Å²) in [6.45, 7) is 7.35. The zero-order chi connectivity index (χ0) is 30.2. The molecule has 226 valence electrons. The summed E-state index contributed by atoms with van der Waals surface area (Å²) in [6, 6.07) is 13.6. The number of esters is 1. The lowest BCUT2D eigenvalue weighted by atomic mass is 10.1. The molecule has 2 aliphatic heterocycles. The van der Waals surface area contributed by atoms with Crippen LogP contribution in [0.25, 0.3) is 11.4 Å². The molecule has 0 unspecified atom stereocenters. The third kappa shape index (κ3) is 7.19. The summed E-state index contributed by atoms with van der Waals surface area (Å²) in [5.41, 5.74) is 2.56. The number of nitrogens with zero attached hydrogens (tertiary/aromatic N) is 4. The summed E-state index contributed by atoms with van der Waals surface area (Å²) < 4.78 is 21.8. The van der Waals surface area contributed by atoms with Crippen LogP contribution in [0.15, 0.2) is 48.5 Å². The zero-order valence-electron chi connectivity index (χ0n) is 24.1. The van der Waals surface area contributed by atoms with Gasteiger partial charge in [-0.3, -0.25) is 4.79 Å². The molecule has 2 aliphatic rings. The molecule has 2 aromatic carbocycles. The molecule has 0 atom stereocenters. The van der Waals surface area contributed by atoms with Crippen molar-refractivity contribution in [2.45, 2.75) is 13.8 Å². The van der Waals surface area contributed by atoms with Gasteiger partial charge in [-0.15, -0.1) is 0 Å². The van der Waals surface area contributed by atoms with Crippen molar-refractivity contribution in [2.24, 2.45) is 0 Å². The normalized spacial score (nSPS) is 15.2. The maximum Gasteiger partial charge on any atom is 0.361 e. The van der Waals surface area contributed by atoms with E-state index in [9.17, 15) is 14.4 Å². The highest BCUT2D eigenvalue weighted by atomic mass is 16.5. The number of carbonyl (C=O) groups is 3. The fraction of sp³-hybridized carbons (Fsp3) is 0.367. The average Bonchev–Trinajstić information content (AvgIpc) is 3.03. The maximum atomic E-state index is 12.9. The molecule has 2 N–H and O–H groups in total. The zero-order valence-corrected chi connectivity index (χ0v) is 24.1. The molecular formula is C30H34N6O7. The molecule has 2 fully saturated rings. The van der Waals surface area contributed by atoms with Crippen LogP contribution in [0, 0.1) is 0 Å². The van der Waals surface area contributed by atoms with Crippen molar-refractivity contribution >= 4 is 40.8 Å². The monoisotopic (exact) mass is 590 g/mol. The minimum atomic E-state index is -0.594. The van der Waals surface area contributed by atoms with Gasteiger partial charge in [0.25, 0.3) is 5.91 Å². The second-order valence-electron chi connectivity index (χ2n) is 9.60. The van der Waals surface area contributed by atoms with Gasteiger partial charge in [0, 0.05) is 42.3 Å². The Morgan fingerprint density at radius 1 is 0.860 bits per heavy atom. The third-order valence-corrected chi connectivity index (χ3v) is 6.74. The van der Waals surface area contributed by atoms with Gasteiger partial charge in [0.2, 0.25) is 0 Å². The predicted molar refractivity (Wildman–Crippen MR) is 160 cm³/mol. The van der Waals surface area contributed by atoms with E-state index in [4.69, 9.17) is 23.9 Å². The second kappa shape index (κ2) is 13.9. The highest BCUT2D eigenvalue weighted by Gasteiger charge is 2.27. The molecule has 0 spiro atoms. The molecule has 2 saturated heterocycles. The number of hydrogen-bond acceptors (Lipinski definition) is 10. The molecule has 43 heavy (non-hydrogen) atoms. The summed E-state index contributed by atoms with van der Waals surface area (Å²) in [6.07, 6.45) is 0. The van der Waals surface area contributed by atoms with E-state index in [1.54, 1.807) is 60.4 Å². The van der Waals surface area contributed by atoms with Crippen molar-refractivity contribution < 1.29 is 33.3 Å². The number of nitrogens with one attached hydrogen (secondary N) is 2. The van der Waals surface area contributed by atoms with Crippen molar-refractivity contribution in [2.75, 3.05) is 79.7 Å². The molecule has 3 heterocycles. The number of aromatic nitrogens is 2. The lowest BCUT2D eigenvalue weighted by molar-refractivity contribution is -0.125. The molecule has 0 saturated carbocycles. The van der Waals surface area contributed by atoms with Crippen LogP contribution in [0.3, 0.4) is 0 Å². The summed E-state index contributed by atoms with van der Waals surface area (Å²) >= 11 is 0. The predicted octanol–water partition coefficient (Wildman–Crippen LogP) is 3.56. The molecule has 0 radical (unpaired) electrons. The van der Waals surface area contributed by atoms with Crippen molar-refractivity contribution in [3.63, 3.8) is 0 Å². The van der Waals surface area contributed by atoms with Crippen LogP contribution in [0.2, 0.25) is 0 Å². The minimum Gasteiger partial charge on any atom is -0.488 e. The molecule has 0 bridgehead atoms. The summed E-state index contributed by atoms with van der Waals surface area (Å²) in [7, 11) is 0. The quantitative estimate of drug-likeness (QED) is 0.355. The first-order valence-corrected chi connectivity index (χ1v) is 14.2. The SMILES string of the molecule is CCOC(=O)c1nc(-c2ccc(NC(=O)Nc3ccc(N4CCOCC4=O)cc3)cc2)nc(N2CCOCC2)c1OCC. The topological polar surface area (TPSA) is 144 Å². The van der Waals surface area contributed by atoms with Crippen LogP contribution in [-0.4, -0.2) is 87.2 Å². The van der Waals surface area contributed by atoms with Crippen molar-refractivity contribution in [3.05, 3.63) is 54.2 Å². The summed E-state index contributed by atoms with van der Waals surface area (Å²) in [5, 5.41) is 5.59. The second-order valence-corrected chi connectivity index (χ2v) is 9.60. The third-order valence-electron chi connectivity index (χ3n) is 6.74. The van der Waals surface area contributed by atoms with Crippen molar-refractivity contribution in [1.82, 2.24) is 9.97 Å². The Bertz CT molecular complexity index is 1440. The molecule has 3 aromatic rings. The number of benzene rings is 2. The molecule has 5 rings (SSSR count). The van der Waals surface area contributed by atoms with Crippen LogP contribution < -0.4 is 25.2 Å². The van der Waals surface area contributed by atoms with Gasteiger partial charge in [0.05, 0.1) is 33.0 Å². The molecule has 0 aliphatic carbocycles. The fourth-order valence-corrected chi connectivity index (χ4v) is 4.68. The molecular weight excluding hydrogens is 556 g/mol. The maximum absolute atomic E-state index is 12.9. The van der Waals surface area contributed by atoms with Gasteiger partial charge < -0.3 is 39.4 Å². The summed E-state index contributed by atoms with van der Waals surface area (Å²) in [5.74, 6) is 0.416. The first-order chi connectivity index (χ1) is 21.0. The number of ether oxygens (including phenoxy) is 4. The van der Waals surface area contributed by atoms with Crippen LogP contribution >= 0.6 is 0 Å². The number of urea groups is 1. The van der Waals surface area contributed by atoms with Gasteiger partial charge in [-0.1, -0.05) is 0 Å². The van der Waals surface area contributed by atoms with Crippen LogP contribution in [0.5, 0.6) is 5.75 Å². The first-order valence-electron chi connectivity index (χ1n) is 14.2. The van der Waals surface area contributed by atoms with Gasteiger partial charge in [-0.05, 0) is 62.4 Å². The Hall–Kier alpha value is -4.75. The van der Waals surface area contributed by atoms with Gasteiger partial charge in [0.15, 0.2) is 23.1 Å². The standard InChI is InChI=1S/C30H34N6O7/c1-3-42-26-25(29(38)43-4-2)33-27(34-28(26)35-13-16-40-17-14-35)20-5-7-21(8-6-20)31-30(39)32-22-9-11-23(12-10-22)36-15-18-41-19-24(36)37/h5-12H,3-4,13-19H2,1-2H3,(H2,31,32,39). The molecule has 13 nitrogen and oxygen atoms in total.